The van der Waals surface area contributed by atoms with Crippen molar-refractivity contribution in [3.05, 3.63) is 11.9 Å². The van der Waals surface area contributed by atoms with Crippen LogP contribution in [0.15, 0.2) is 6.20 Å². The number of nitrogens with two attached hydrogens (primary N) is 1. The van der Waals surface area contributed by atoms with Crippen molar-refractivity contribution in [2.75, 3.05) is 12.8 Å². The van der Waals surface area contributed by atoms with Crippen LogP contribution in [0.3, 0.4) is 0 Å². The Morgan fingerprint density at radius 2 is 2.33 bits per heavy atom. The number of imidazole rings is 1. The van der Waals surface area contributed by atoms with Crippen molar-refractivity contribution in [1.82, 2.24) is 14.9 Å². The van der Waals surface area contributed by atoms with E-state index in [2.05, 4.69) is 24.1 Å². The molecule has 4 nitrogen and oxygen atoms in total. The molecule has 3 N–H and O–H groups in total. The van der Waals surface area contributed by atoms with Crippen molar-refractivity contribution in [3.8, 4) is 0 Å². The van der Waals surface area contributed by atoms with Gasteiger partial charge in [0.05, 0.1) is 11.9 Å². The lowest BCUT2D eigenvalue weighted by Crippen LogP contribution is -2.14. The van der Waals surface area contributed by atoms with E-state index in [1.807, 2.05) is 17.8 Å². The summed E-state index contributed by atoms with van der Waals surface area (Å²) in [5.41, 5.74) is 6.83. The predicted octanol–water partition coefficient (Wildman–Crippen LogP) is 0.766. The van der Waals surface area contributed by atoms with Crippen LogP contribution in [0.25, 0.3) is 0 Å². The fourth-order valence-electron chi connectivity index (χ4n) is 1.32. The van der Waals surface area contributed by atoms with Crippen molar-refractivity contribution < 1.29 is 0 Å². The minimum Gasteiger partial charge on any atom is -0.369 e. The summed E-state index contributed by atoms with van der Waals surface area (Å²) in [6, 6.07) is 0.371. The summed E-state index contributed by atoms with van der Waals surface area (Å²) in [6.45, 7) is 5.00. The number of rotatable bonds is 3. The van der Waals surface area contributed by atoms with E-state index < -0.39 is 0 Å². The lowest BCUT2D eigenvalue weighted by Gasteiger charge is -2.12. The van der Waals surface area contributed by atoms with Gasteiger partial charge in [0.15, 0.2) is 0 Å². The molecule has 0 aromatic carbocycles. The molecule has 0 aliphatic heterocycles. The Kier molecular flexibility index (Phi) is 2.70. The highest BCUT2D eigenvalue weighted by Crippen LogP contribution is 2.14. The molecular weight excluding hydrogens is 152 g/mol. The summed E-state index contributed by atoms with van der Waals surface area (Å²) in [5, 5.41) is 3.08. The van der Waals surface area contributed by atoms with Crippen LogP contribution in [0, 0.1) is 0 Å². The van der Waals surface area contributed by atoms with E-state index in [1.165, 1.54) is 0 Å². The highest BCUT2D eigenvalue weighted by Gasteiger charge is 2.08. The van der Waals surface area contributed by atoms with Crippen LogP contribution in [-0.2, 0) is 6.54 Å². The largest absolute Gasteiger partial charge is 0.369 e. The smallest absolute Gasteiger partial charge is 0.200 e. The normalized spacial score (nSPS) is 11.0. The van der Waals surface area contributed by atoms with Gasteiger partial charge in [-0.25, -0.2) is 4.98 Å². The summed E-state index contributed by atoms with van der Waals surface area (Å²) in [5.74, 6) is 0.593. The number of hydrogen-bond acceptors (Lipinski definition) is 3. The van der Waals surface area contributed by atoms with E-state index in [1.54, 1.807) is 0 Å². The molecule has 0 spiro atoms. The molecule has 4 heteroatoms. The molecule has 0 saturated heterocycles. The first-order valence-electron chi connectivity index (χ1n) is 4.13. The van der Waals surface area contributed by atoms with Gasteiger partial charge in [-0.15, -0.1) is 0 Å². The molecule has 0 atom stereocenters. The molecule has 0 unspecified atom stereocenters. The second kappa shape index (κ2) is 3.58. The Morgan fingerprint density at radius 1 is 1.67 bits per heavy atom. The van der Waals surface area contributed by atoms with E-state index in [0.29, 0.717) is 12.0 Å². The maximum absolute atomic E-state index is 5.70. The van der Waals surface area contributed by atoms with Gasteiger partial charge in [0.2, 0.25) is 5.95 Å². The quantitative estimate of drug-likeness (QED) is 0.700. The Bertz CT molecular complexity index is 252. The fourth-order valence-corrected chi connectivity index (χ4v) is 1.32. The Hall–Kier alpha value is -1.03. The number of hydrogen-bond donors (Lipinski definition) is 2. The molecule has 0 amide bonds. The number of nitrogen functional groups attached to an aromatic ring is 1. The van der Waals surface area contributed by atoms with Gasteiger partial charge in [0, 0.05) is 12.6 Å². The van der Waals surface area contributed by atoms with Gasteiger partial charge in [-0.2, -0.15) is 0 Å². The summed E-state index contributed by atoms with van der Waals surface area (Å²) >= 11 is 0. The molecule has 12 heavy (non-hydrogen) atoms. The molecular formula is C8H16N4. The zero-order valence-corrected chi connectivity index (χ0v) is 7.83. The van der Waals surface area contributed by atoms with Gasteiger partial charge in [-0.05, 0) is 20.9 Å². The van der Waals surface area contributed by atoms with Gasteiger partial charge in [0.25, 0.3) is 0 Å². The lowest BCUT2D eigenvalue weighted by molar-refractivity contribution is 0.571. The minimum atomic E-state index is 0.371. The average molecular weight is 168 g/mol. The first-order chi connectivity index (χ1) is 5.66. The van der Waals surface area contributed by atoms with Crippen LogP contribution in [0.5, 0.6) is 0 Å². The van der Waals surface area contributed by atoms with Crippen LogP contribution in [0.2, 0.25) is 0 Å². The van der Waals surface area contributed by atoms with Gasteiger partial charge < -0.3 is 15.6 Å². The van der Waals surface area contributed by atoms with E-state index in [-0.39, 0.29) is 0 Å². The zero-order chi connectivity index (χ0) is 9.14. The average Bonchev–Trinajstić information content (AvgIpc) is 2.32. The van der Waals surface area contributed by atoms with Crippen LogP contribution in [0.1, 0.15) is 25.6 Å². The second-order valence-corrected chi connectivity index (χ2v) is 3.10. The highest BCUT2D eigenvalue weighted by molar-refractivity contribution is 5.23. The summed E-state index contributed by atoms with van der Waals surface area (Å²) < 4.78 is 2.02. The van der Waals surface area contributed by atoms with E-state index in [9.17, 15) is 0 Å². The third-order valence-electron chi connectivity index (χ3n) is 1.78. The molecule has 0 saturated carbocycles. The molecule has 68 valence electrons. The molecule has 1 rings (SSSR count). The number of anilines is 1. The predicted molar refractivity (Wildman–Crippen MR) is 49.8 cm³/mol. The van der Waals surface area contributed by atoms with Crippen molar-refractivity contribution in [1.29, 1.82) is 0 Å². The molecule has 0 fully saturated rings. The lowest BCUT2D eigenvalue weighted by atomic mass is 10.3. The van der Waals surface area contributed by atoms with Crippen LogP contribution in [0.4, 0.5) is 5.95 Å². The number of aromatic nitrogens is 2. The molecule has 0 aliphatic carbocycles. The number of nitrogens with one attached hydrogen (secondary N) is 1. The summed E-state index contributed by atoms with van der Waals surface area (Å²) in [4.78, 5) is 4.06. The molecule has 0 aliphatic rings. The van der Waals surface area contributed by atoms with Gasteiger partial charge >= 0.3 is 0 Å². The highest BCUT2D eigenvalue weighted by atomic mass is 15.2. The van der Waals surface area contributed by atoms with Crippen molar-refractivity contribution in [2.24, 2.45) is 0 Å². The minimum absolute atomic E-state index is 0.371. The van der Waals surface area contributed by atoms with E-state index in [0.717, 1.165) is 12.2 Å². The Balaban J connectivity index is 2.95. The summed E-state index contributed by atoms with van der Waals surface area (Å²) in [6.07, 6.45) is 1.81. The first-order valence-corrected chi connectivity index (χ1v) is 4.13. The monoisotopic (exact) mass is 168 g/mol. The van der Waals surface area contributed by atoms with Gasteiger partial charge in [0.1, 0.15) is 0 Å². The van der Waals surface area contributed by atoms with Gasteiger partial charge in [-0.1, -0.05) is 0 Å². The first kappa shape index (κ1) is 9.06. The maximum atomic E-state index is 5.70. The van der Waals surface area contributed by atoms with Crippen molar-refractivity contribution >= 4 is 5.95 Å². The maximum Gasteiger partial charge on any atom is 0.200 e. The third kappa shape index (κ3) is 1.58. The fraction of sp³-hybridized carbons (Fsp3) is 0.625. The van der Waals surface area contributed by atoms with Crippen LogP contribution < -0.4 is 11.1 Å². The SMILES string of the molecule is CNCc1cnc(N)n1C(C)C. The van der Waals surface area contributed by atoms with Crippen LogP contribution in [-0.4, -0.2) is 16.6 Å². The zero-order valence-electron chi connectivity index (χ0n) is 7.83. The van der Waals surface area contributed by atoms with E-state index >= 15 is 0 Å². The Labute approximate surface area is 72.8 Å². The molecule has 0 bridgehead atoms. The Morgan fingerprint density at radius 3 is 2.83 bits per heavy atom. The molecule has 1 heterocycles. The number of nitrogens with zero attached hydrogens (tertiary/aromatic N) is 2. The van der Waals surface area contributed by atoms with Crippen molar-refractivity contribution in [2.45, 2.75) is 26.4 Å². The van der Waals surface area contributed by atoms with Crippen molar-refractivity contribution in [3.63, 3.8) is 0 Å². The topological polar surface area (TPSA) is 55.9 Å². The third-order valence-corrected chi connectivity index (χ3v) is 1.78. The van der Waals surface area contributed by atoms with Crippen LogP contribution >= 0.6 is 0 Å². The van der Waals surface area contributed by atoms with Gasteiger partial charge in [-0.3, -0.25) is 0 Å². The second-order valence-electron chi connectivity index (χ2n) is 3.10. The van der Waals surface area contributed by atoms with E-state index in [4.69, 9.17) is 5.73 Å². The summed E-state index contributed by atoms with van der Waals surface area (Å²) in [7, 11) is 1.91. The molecule has 0 radical (unpaired) electrons. The molecule has 1 aromatic heterocycles. The standard InChI is InChI=1S/C8H16N4/c1-6(2)12-7(4-10-3)5-11-8(12)9/h5-6,10H,4H2,1-3H3,(H2,9,11). The molecule has 1 aromatic rings.